The highest BCUT2D eigenvalue weighted by molar-refractivity contribution is 6.41. The molecule has 0 bridgehead atoms. The lowest BCUT2D eigenvalue weighted by Gasteiger charge is -2.03. The highest BCUT2D eigenvalue weighted by Gasteiger charge is 1.99. The summed E-state index contributed by atoms with van der Waals surface area (Å²) in [5.74, 6) is 0.643. The summed E-state index contributed by atoms with van der Waals surface area (Å²) in [4.78, 5) is 0. The van der Waals surface area contributed by atoms with E-state index in [1.807, 2.05) is 0 Å². The first kappa shape index (κ1) is 9.43. The third-order valence-electron chi connectivity index (χ3n) is 1.19. The van der Waals surface area contributed by atoms with Gasteiger partial charge in [0.15, 0.2) is 0 Å². The smallest absolute Gasteiger partial charge is 0.121 e. The SMILES string of the molecule is C=CCOc1c[c]c(Cl)c(Cl)c1. The van der Waals surface area contributed by atoms with Crippen molar-refractivity contribution in [3.05, 3.63) is 40.9 Å². The molecule has 0 atom stereocenters. The molecule has 3 heteroatoms. The number of rotatable bonds is 3. The summed E-state index contributed by atoms with van der Waals surface area (Å²) in [5, 5.41) is 0.848. The molecule has 0 aliphatic rings. The summed E-state index contributed by atoms with van der Waals surface area (Å²) >= 11 is 11.4. The van der Waals surface area contributed by atoms with Crippen LogP contribution in [0.1, 0.15) is 0 Å². The van der Waals surface area contributed by atoms with Gasteiger partial charge in [-0.3, -0.25) is 0 Å². The van der Waals surface area contributed by atoms with Crippen LogP contribution >= 0.6 is 23.2 Å². The summed E-state index contributed by atoms with van der Waals surface area (Å²) in [5.41, 5.74) is 0. The van der Waals surface area contributed by atoms with Gasteiger partial charge in [-0.05, 0) is 6.07 Å². The van der Waals surface area contributed by atoms with E-state index in [9.17, 15) is 0 Å². The predicted molar refractivity (Wildman–Crippen MR) is 51.0 cm³/mol. The van der Waals surface area contributed by atoms with Crippen molar-refractivity contribution < 1.29 is 4.74 Å². The zero-order valence-corrected chi connectivity index (χ0v) is 7.82. The van der Waals surface area contributed by atoms with Crippen LogP contribution in [0.5, 0.6) is 5.75 Å². The van der Waals surface area contributed by atoms with Crippen LogP contribution in [0.3, 0.4) is 0 Å². The molecule has 1 aromatic rings. The quantitative estimate of drug-likeness (QED) is 0.682. The minimum Gasteiger partial charge on any atom is -0.489 e. The first-order valence-corrected chi connectivity index (χ1v) is 4.10. The Morgan fingerprint density at radius 3 is 2.92 bits per heavy atom. The molecule has 1 nitrogen and oxygen atoms in total. The molecule has 0 amide bonds. The molecule has 0 saturated carbocycles. The number of halogens is 2. The van der Waals surface area contributed by atoms with Gasteiger partial charge in [0.2, 0.25) is 0 Å². The van der Waals surface area contributed by atoms with Crippen LogP contribution in [0.25, 0.3) is 0 Å². The van der Waals surface area contributed by atoms with Gasteiger partial charge in [-0.2, -0.15) is 0 Å². The van der Waals surface area contributed by atoms with Crippen molar-refractivity contribution in [3.63, 3.8) is 0 Å². The van der Waals surface area contributed by atoms with E-state index in [-0.39, 0.29) is 0 Å². The maximum Gasteiger partial charge on any atom is 0.121 e. The molecule has 0 aliphatic heterocycles. The van der Waals surface area contributed by atoms with Gasteiger partial charge < -0.3 is 4.74 Å². The lowest BCUT2D eigenvalue weighted by molar-refractivity contribution is 0.363. The van der Waals surface area contributed by atoms with Crippen LogP contribution in [0.4, 0.5) is 0 Å². The van der Waals surface area contributed by atoms with E-state index in [1.54, 1.807) is 18.2 Å². The van der Waals surface area contributed by atoms with E-state index in [4.69, 9.17) is 27.9 Å². The van der Waals surface area contributed by atoms with Gasteiger partial charge in [0.05, 0.1) is 10.0 Å². The Bertz CT molecular complexity index is 284. The van der Waals surface area contributed by atoms with Crippen molar-refractivity contribution in [2.45, 2.75) is 0 Å². The summed E-state index contributed by atoms with van der Waals surface area (Å²) in [6, 6.07) is 6.03. The summed E-state index contributed by atoms with van der Waals surface area (Å²) in [7, 11) is 0. The number of benzene rings is 1. The van der Waals surface area contributed by atoms with Crippen molar-refractivity contribution in [1.82, 2.24) is 0 Å². The molecule has 0 saturated heterocycles. The Labute approximate surface area is 81.6 Å². The fraction of sp³-hybridized carbons (Fsp3) is 0.111. The Morgan fingerprint density at radius 1 is 1.58 bits per heavy atom. The summed E-state index contributed by atoms with van der Waals surface area (Å²) < 4.78 is 5.20. The first-order valence-electron chi connectivity index (χ1n) is 3.34. The largest absolute Gasteiger partial charge is 0.489 e. The lowest BCUT2D eigenvalue weighted by atomic mass is 10.3. The molecule has 0 fully saturated rings. The lowest BCUT2D eigenvalue weighted by Crippen LogP contribution is -1.92. The van der Waals surface area contributed by atoms with Gasteiger partial charge in [-0.15, -0.1) is 0 Å². The normalized spacial score (nSPS) is 9.50. The van der Waals surface area contributed by atoms with Crippen LogP contribution in [-0.4, -0.2) is 6.61 Å². The van der Waals surface area contributed by atoms with Crippen molar-refractivity contribution in [3.8, 4) is 5.75 Å². The van der Waals surface area contributed by atoms with Crippen LogP contribution in [0.15, 0.2) is 24.8 Å². The van der Waals surface area contributed by atoms with Gasteiger partial charge in [0, 0.05) is 12.1 Å². The molecule has 63 valence electrons. The Balaban J connectivity index is 2.75. The van der Waals surface area contributed by atoms with Gasteiger partial charge in [0.25, 0.3) is 0 Å². The zero-order valence-electron chi connectivity index (χ0n) is 6.31. The summed E-state index contributed by atoms with van der Waals surface area (Å²) in [6.07, 6.45) is 1.66. The van der Waals surface area contributed by atoms with E-state index in [0.717, 1.165) is 0 Å². The van der Waals surface area contributed by atoms with Gasteiger partial charge in [-0.25, -0.2) is 0 Å². The van der Waals surface area contributed by atoms with Crippen molar-refractivity contribution in [2.24, 2.45) is 0 Å². The fourth-order valence-electron chi connectivity index (χ4n) is 0.672. The molecule has 12 heavy (non-hydrogen) atoms. The molecule has 0 N–H and O–H groups in total. The summed E-state index contributed by atoms with van der Waals surface area (Å²) in [6.45, 7) is 3.97. The predicted octanol–water partition coefficient (Wildman–Crippen LogP) is 3.36. The third-order valence-corrected chi connectivity index (χ3v) is 1.90. The molecule has 0 unspecified atom stereocenters. The van der Waals surface area contributed by atoms with E-state index in [0.29, 0.717) is 22.4 Å². The van der Waals surface area contributed by atoms with Crippen molar-refractivity contribution >= 4 is 23.2 Å². The molecule has 1 radical (unpaired) electrons. The Hall–Kier alpha value is -0.660. The average molecular weight is 202 g/mol. The molecule has 0 spiro atoms. The highest BCUT2D eigenvalue weighted by atomic mass is 35.5. The maximum atomic E-state index is 5.72. The van der Waals surface area contributed by atoms with Gasteiger partial charge in [0.1, 0.15) is 12.4 Å². The Morgan fingerprint density at radius 2 is 2.33 bits per heavy atom. The molecule has 0 aliphatic carbocycles. The second-order valence-electron chi connectivity index (χ2n) is 2.10. The second-order valence-corrected chi connectivity index (χ2v) is 2.88. The van der Waals surface area contributed by atoms with E-state index in [1.165, 1.54) is 0 Å². The molecule has 1 aromatic carbocycles. The average Bonchev–Trinajstić information content (AvgIpc) is 2.07. The zero-order chi connectivity index (χ0) is 8.97. The van der Waals surface area contributed by atoms with Crippen LogP contribution < -0.4 is 4.74 Å². The van der Waals surface area contributed by atoms with Gasteiger partial charge >= 0.3 is 0 Å². The van der Waals surface area contributed by atoms with Crippen LogP contribution in [0.2, 0.25) is 10.0 Å². The molecule has 1 rings (SSSR count). The first-order chi connectivity index (χ1) is 5.74. The van der Waals surface area contributed by atoms with Crippen LogP contribution in [0, 0.1) is 6.07 Å². The highest BCUT2D eigenvalue weighted by Crippen LogP contribution is 2.25. The van der Waals surface area contributed by atoms with Gasteiger partial charge in [-0.1, -0.05) is 35.9 Å². The van der Waals surface area contributed by atoms with E-state index < -0.39 is 0 Å². The standard InChI is InChI=1S/C9H7Cl2O/c1-2-5-12-7-3-4-8(10)9(11)6-7/h2-3,6H,1,5H2. The maximum absolute atomic E-state index is 5.72. The number of ether oxygens (including phenoxy) is 1. The number of hydrogen-bond acceptors (Lipinski definition) is 1. The molecule has 0 aromatic heterocycles. The molecule has 0 heterocycles. The topological polar surface area (TPSA) is 9.23 Å². The van der Waals surface area contributed by atoms with Crippen molar-refractivity contribution in [1.29, 1.82) is 0 Å². The Kier molecular flexibility index (Phi) is 3.45. The second kappa shape index (κ2) is 4.39. The minimum atomic E-state index is 0.405. The van der Waals surface area contributed by atoms with E-state index >= 15 is 0 Å². The fourth-order valence-corrected chi connectivity index (χ4v) is 0.943. The molecular formula is C9H7Cl2O. The van der Waals surface area contributed by atoms with Crippen molar-refractivity contribution in [2.75, 3.05) is 6.61 Å². The van der Waals surface area contributed by atoms with Crippen LogP contribution in [-0.2, 0) is 0 Å². The number of hydrogen-bond donors (Lipinski definition) is 0. The monoisotopic (exact) mass is 201 g/mol. The van der Waals surface area contributed by atoms with E-state index in [2.05, 4.69) is 12.6 Å². The molecular weight excluding hydrogens is 195 g/mol. The third kappa shape index (κ3) is 2.43. The minimum absolute atomic E-state index is 0.405.